The van der Waals surface area contributed by atoms with Crippen LogP contribution >= 0.6 is 0 Å². The highest BCUT2D eigenvalue weighted by molar-refractivity contribution is 5.99. The zero-order valence-corrected chi connectivity index (χ0v) is 14.3. The highest BCUT2D eigenvalue weighted by Crippen LogP contribution is 2.26. The number of carbonyl (C=O) groups is 1. The molecule has 1 aromatic heterocycles. The largest absolute Gasteiger partial charge is 0.314 e. The van der Waals surface area contributed by atoms with Gasteiger partial charge >= 0.3 is 0 Å². The highest BCUT2D eigenvalue weighted by Gasteiger charge is 2.35. The molecule has 0 spiro atoms. The van der Waals surface area contributed by atoms with Gasteiger partial charge in [0, 0.05) is 19.5 Å². The molecule has 1 saturated heterocycles. The smallest absolute Gasteiger partial charge is 0.244 e. The Hall–Kier alpha value is -2.28. The van der Waals surface area contributed by atoms with Gasteiger partial charge in [-0.05, 0) is 38.3 Å². The Morgan fingerprint density at radius 3 is 2.92 bits per heavy atom. The lowest BCUT2D eigenvalue weighted by atomic mass is 10.1. The number of hydrogen-bond donors (Lipinski definition) is 1. The minimum Gasteiger partial charge on any atom is -0.314 e. The van der Waals surface area contributed by atoms with E-state index >= 15 is 0 Å². The Balaban J connectivity index is 1.48. The lowest BCUT2D eigenvalue weighted by molar-refractivity contribution is -0.119. The number of aromatic nitrogens is 3. The molecule has 7 heteroatoms. The van der Waals surface area contributed by atoms with Crippen LogP contribution in [0.15, 0.2) is 24.3 Å². The highest BCUT2D eigenvalue weighted by atomic mass is 19.1. The van der Waals surface area contributed by atoms with Crippen LogP contribution in [0.4, 0.5) is 10.1 Å². The van der Waals surface area contributed by atoms with Gasteiger partial charge in [0.15, 0.2) is 0 Å². The standard InChI is InChI=1S/C18H22FN5O/c1-12(17-22-21-16-8-4-5-10-24(16)17)20-14-9-11-23(18(14)25)15-7-3-2-6-13(15)19/h2-3,6-7,12,14,20H,4-5,8-11H2,1H3/t12-,14-/m1/s1. The fraction of sp³-hybridized carbons (Fsp3) is 0.500. The fourth-order valence-electron chi connectivity index (χ4n) is 3.77. The SMILES string of the molecule is C[C@@H](N[C@@H]1CCN(c2ccccc2F)C1=O)c1nnc2n1CCCC2. The van der Waals surface area contributed by atoms with Crippen molar-refractivity contribution in [1.29, 1.82) is 0 Å². The van der Waals surface area contributed by atoms with E-state index in [1.54, 1.807) is 18.2 Å². The van der Waals surface area contributed by atoms with Crippen molar-refractivity contribution in [3.8, 4) is 0 Å². The van der Waals surface area contributed by atoms with Crippen molar-refractivity contribution in [1.82, 2.24) is 20.1 Å². The Morgan fingerprint density at radius 2 is 2.08 bits per heavy atom. The van der Waals surface area contributed by atoms with Crippen LogP contribution in [-0.2, 0) is 17.8 Å². The van der Waals surface area contributed by atoms with E-state index in [1.807, 2.05) is 6.92 Å². The summed E-state index contributed by atoms with van der Waals surface area (Å²) in [6.07, 6.45) is 3.90. The van der Waals surface area contributed by atoms with Crippen molar-refractivity contribution in [2.75, 3.05) is 11.4 Å². The molecule has 0 unspecified atom stereocenters. The van der Waals surface area contributed by atoms with Crippen molar-refractivity contribution in [2.24, 2.45) is 0 Å². The van der Waals surface area contributed by atoms with Crippen LogP contribution in [-0.4, -0.2) is 33.3 Å². The van der Waals surface area contributed by atoms with Crippen LogP contribution in [0.2, 0.25) is 0 Å². The Morgan fingerprint density at radius 1 is 1.24 bits per heavy atom. The third-order valence-corrected chi connectivity index (χ3v) is 5.08. The van der Waals surface area contributed by atoms with Crippen LogP contribution in [0.1, 0.15) is 43.9 Å². The number of amides is 1. The van der Waals surface area contributed by atoms with Gasteiger partial charge in [-0.2, -0.15) is 0 Å². The number of carbonyl (C=O) groups excluding carboxylic acids is 1. The molecule has 3 heterocycles. The predicted molar refractivity (Wildman–Crippen MR) is 91.7 cm³/mol. The van der Waals surface area contributed by atoms with E-state index in [-0.39, 0.29) is 23.8 Å². The van der Waals surface area contributed by atoms with Crippen LogP contribution in [0.5, 0.6) is 0 Å². The number of anilines is 1. The van der Waals surface area contributed by atoms with E-state index in [0.29, 0.717) is 18.7 Å². The van der Waals surface area contributed by atoms with Crippen LogP contribution in [0, 0.1) is 5.82 Å². The van der Waals surface area contributed by atoms with Gasteiger partial charge in [-0.15, -0.1) is 10.2 Å². The second kappa shape index (κ2) is 6.55. The van der Waals surface area contributed by atoms with Crippen LogP contribution < -0.4 is 10.2 Å². The molecule has 1 amide bonds. The number of para-hydroxylation sites is 1. The molecule has 0 saturated carbocycles. The average molecular weight is 343 g/mol. The zero-order valence-electron chi connectivity index (χ0n) is 14.3. The molecule has 25 heavy (non-hydrogen) atoms. The van der Waals surface area contributed by atoms with Gasteiger partial charge in [0.25, 0.3) is 0 Å². The summed E-state index contributed by atoms with van der Waals surface area (Å²) in [7, 11) is 0. The number of benzene rings is 1. The number of rotatable bonds is 4. The third-order valence-electron chi connectivity index (χ3n) is 5.08. The van der Waals surface area contributed by atoms with Gasteiger partial charge in [-0.25, -0.2) is 4.39 Å². The van der Waals surface area contributed by atoms with Crippen molar-refractivity contribution in [3.05, 3.63) is 41.7 Å². The van der Waals surface area contributed by atoms with Crippen molar-refractivity contribution in [3.63, 3.8) is 0 Å². The Labute approximate surface area is 146 Å². The Kier molecular flexibility index (Phi) is 4.25. The molecule has 1 fully saturated rings. The van der Waals surface area contributed by atoms with Crippen molar-refractivity contribution in [2.45, 2.75) is 51.2 Å². The monoisotopic (exact) mass is 343 g/mol. The van der Waals surface area contributed by atoms with E-state index in [4.69, 9.17) is 0 Å². The first-order valence-corrected chi connectivity index (χ1v) is 8.89. The molecule has 2 aromatic rings. The summed E-state index contributed by atoms with van der Waals surface area (Å²) >= 11 is 0. The summed E-state index contributed by atoms with van der Waals surface area (Å²) in [5.74, 6) is 1.46. The minimum absolute atomic E-state index is 0.0751. The van der Waals surface area contributed by atoms with Gasteiger partial charge in [-0.3, -0.25) is 10.1 Å². The second-order valence-corrected chi connectivity index (χ2v) is 6.75. The number of aryl methyl sites for hydroxylation is 1. The quantitative estimate of drug-likeness (QED) is 0.924. The molecular weight excluding hydrogens is 321 g/mol. The summed E-state index contributed by atoms with van der Waals surface area (Å²) in [5, 5.41) is 12.0. The number of nitrogens with zero attached hydrogens (tertiary/aromatic N) is 4. The van der Waals surface area contributed by atoms with Gasteiger partial charge < -0.3 is 9.47 Å². The molecule has 2 atom stereocenters. The summed E-state index contributed by atoms with van der Waals surface area (Å²) < 4.78 is 16.1. The topological polar surface area (TPSA) is 63.1 Å². The molecular formula is C18H22FN5O. The van der Waals surface area contributed by atoms with Crippen molar-refractivity contribution >= 4 is 11.6 Å². The van der Waals surface area contributed by atoms with Crippen LogP contribution in [0.25, 0.3) is 0 Å². The summed E-state index contributed by atoms with van der Waals surface area (Å²) in [5.41, 5.74) is 0.351. The second-order valence-electron chi connectivity index (χ2n) is 6.75. The first-order valence-electron chi connectivity index (χ1n) is 8.89. The molecule has 0 bridgehead atoms. The first kappa shape index (κ1) is 16.2. The van der Waals surface area contributed by atoms with Gasteiger partial charge in [0.2, 0.25) is 5.91 Å². The molecule has 0 radical (unpaired) electrons. The molecule has 2 aliphatic rings. The molecule has 4 rings (SSSR count). The maximum atomic E-state index is 14.0. The lowest BCUT2D eigenvalue weighted by Crippen LogP contribution is -2.40. The van der Waals surface area contributed by atoms with E-state index in [1.165, 1.54) is 11.0 Å². The molecule has 0 aliphatic carbocycles. The maximum Gasteiger partial charge on any atom is 0.244 e. The van der Waals surface area contributed by atoms with Gasteiger partial charge in [0.1, 0.15) is 17.5 Å². The third kappa shape index (κ3) is 2.93. The molecule has 2 aliphatic heterocycles. The predicted octanol–water partition coefficient (Wildman–Crippen LogP) is 2.21. The fourth-order valence-corrected chi connectivity index (χ4v) is 3.77. The Bertz CT molecular complexity index is 790. The molecule has 132 valence electrons. The zero-order chi connectivity index (χ0) is 17.4. The van der Waals surface area contributed by atoms with Gasteiger partial charge in [0.05, 0.1) is 17.8 Å². The van der Waals surface area contributed by atoms with Gasteiger partial charge in [-0.1, -0.05) is 12.1 Å². The van der Waals surface area contributed by atoms with E-state index in [9.17, 15) is 9.18 Å². The molecule has 6 nitrogen and oxygen atoms in total. The van der Waals surface area contributed by atoms with E-state index in [2.05, 4.69) is 20.1 Å². The summed E-state index contributed by atoms with van der Waals surface area (Å²) in [4.78, 5) is 14.2. The normalized spacial score (nSPS) is 21.4. The number of fused-ring (bicyclic) bond motifs is 1. The maximum absolute atomic E-state index is 14.0. The molecule has 1 N–H and O–H groups in total. The van der Waals surface area contributed by atoms with Crippen LogP contribution in [0.3, 0.4) is 0 Å². The summed E-state index contributed by atoms with van der Waals surface area (Å²) in [6, 6.07) is 6.01. The van der Waals surface area contributed by atoms with E-state index < -0.39 is 0 Å². The van der Waals surface area contributed by atoms with Crippen molar-refractivity contribution < 1.29 is 9.18 Å². The number of halogens is 1. The number of nitrogens with one attached hydrogen (secondary N) is 1. The average Bonchev–Trinajstić information content (AvgIpc) is 3.20. The lowest BCUT2D eigenvalue weighted by Gasteiger charge is -2.22. The number of hydrogen-bond acceptors (Lipinski definition) is 4. The first-order chi connectivity index (χ1) is 12.1. The summed E-state index contributed by atoms with van der Waals surface area (Å²) in [6.45, 7) is 3.46. The van der Waals surface area contributed by atoms with E-state index in [0.717, 1.165) is 37.5 Å². The molecule has 1 aromatic carbocycles. The minimum atomic E-state index is -0.365.